The minimum atomic E-state index is 0.873. The maximum atomic E-state index is 3.99. The Morgan fingerprint density at radius 3 is 2.08 bits per heavy atom. The highest BCUT2D eigenvalue weighted by Crippen LogP contribution is 2.20. The van der Waals surface area contributed by atoms with Gasteiger partial charge in [-0.1, -0.05) is 6.42 Å². The highest BCUT2D eigenvalue weighted by molar-refractivity contribution is 4.81. The van der Waals surface area contributed by atoms with Crippen LogP contribution in [0.2, 0.25) is 0 Å². The lowest BCUT2D eigenvalue weighted by atomic mass is 10.0. The van der Waals surface area contributed by atoms with E-state index in [0.29, 0.717) is 0 Å². The van der Waals surface area contributed by atoms with Gasteiger partial charge in [0.25, 0.3) is 0 Å². The lowest BCUT2D eigenvalue weighted by Gasteiger charge is -2.41. The quantitative estimate of drug-likeness (QED) is 0.568. The van der Waals surface area contributed by atoms with Gasteiger partial charge < -0.3 is 9.80 Å². The fourth-order valence-electron chi connectivity index (χ4n) is 2.57. The Morgan fingerprint density at radius 2 is 1.46 bits per heavy atom. The number of likely N-dealkylation sites (tertiary alicyclic amines) is 2. The summed E-state index contributed by atoms with van der Waals surface area (Å²) in [5.41, 5.74) is 0. The second-order valence-electron chi connectivity index (χ2n) is 4.45. The number of hydrogen-bond donors (Lipinski definition) is 0. The summed E-state index contributed by atoms with van der Waals surface area (Å²) in [4.78, 5) is 4.91. The van der Waals surface area contributed by atoms with Crippen molar-refractivity contribution in [1.29, 1.82) is 0 Å². The van der Waals surface area contributed by atoms with Gasteiger partial charge in [0.15, 0.2) is 0 Å². The van der Waals surface area contributed by atoms with E-state index in [2.05, 4.69) is 16.8 Å². The zero-order valence-corrected chi connectivity index (χ0v) is 8.54. The standard InChI is InChI=1S/C11H21N2/c1-12-9-5-11(6-10-12)13-7-3-2-4-8-13/h11H,1-10H2/q-1. The minimum absolute atomic E-state index is 0.873. The van der Waals surface area contributed by atoms with E-state index in [-0.39, 0.29) is 0 Å². The van der Waals surface area contributed by atoms with E-state index < -0.39 is 0 Å². The van der Waals surface area contributed by atoms with Crippen molar-refractivity contribution >= 4 is 0 Å². The summed E-state index contributed by atoms with van der Waals surface area (Å²) in [6, 6.07) is 0.873. The van der Waals surface area contributed by atoms with Gasteiger partial charge in [-0.3, -0.25) is 7.05 Å². The maximum absolute atomic E-state index is 3.99. The average Bonchev–Trinajstić information content (AvgIpc) is 2.20. The van der Waals surface area contributed by atoms with Crippen molar-refractivity contribution in [3.05, 3.63) is 7.05 Å². The number of piperidine rings is 2. The Morgan fingerprint density at radius 1 is 0.846 bits per heavy atom. The zero-order chi connectivity index (χ0) is 9.10. The SMILES string of the molecule is [CH2-]N1CCC(N2CCCCC2)CC1. The van der Waals surface area contributed by atoms with Crippen LogP contribution in [0.15, 0.2) is 0 Å². The molecule has 0 saturated carbocycles. The van der Waals surface area contributed by atoms with Gasteiger partial charge in [0.05, 0.1) is 0 Å². The first-order valence-corrected chi connectivity index (χ1v) is 5.66. The van der Waals surface area contributed by atoms with Gasteiger partial charge >= 0.3 is 0 Å². The molecule has 0 aromatic heterocycles. The van der Waals surface area contributed by atoms with Gasteiger partial charge in [-0.25, -0.2) is 0 Å². The Kier molecular flexibility index (Phi) is 3.23. The molecule has 0 spiro atoms. The molecule has 2 heterocycles. The summed E-state index contributed by atoms with van der Waals surface area (Å²) in [6.45, 7) is 5.09. The van der Waals surface area contributed by atoms with E-state index in [1.807, 2.05) is 0 Å². The molecule has 2 nitrogen and oxygen atoms in total. The molecular weight excluding hydrogens is 160 g/mol. The second-order valence-corrected chi connectivity index (χ2v) is 4.45. The molecule has 0 aliphatic carbocycles. The normalized spacial score (nSPS) is 29.3. The van der Waals surface area contributed by atoms with Crippen LogP contribution in [0.4, 0.5) is 0 Å². The molecule has 13 heavy (non-hydrogen) atoms. The zero-order valence-electron chi connectivity index (χ0n) is 8.54. The summed E-state index contributed by atoms with van der Waals surface area (Å²) in [6.07, 6.45) is 6.97. The van der Waals surface area contributed by atoms with Crippen LogP contribution in [0, 0.1) is 7.05 Å². The largest absolute Gasteiger partial charge is 0.459 e. The molecule has 0 N–H and O–H groups in total. The van der Waals surface area contributed by atoms with Gasteiger partial charge in [-0.2, -0.15) is 0 Å². The third-order valence-corrected chi connectivity index (χ3v) is 3.46. The van der Waals surface area contributed by atoms with Gasteiger partial charge in [0.2, 0.25) is 0 Å². The molecule has 0 unspecified atom stereocenters. The summed E-state index contributed by atoms with van der Waals surface area (Å²) in [5, 5.41) is 0. The molecule has 2 rings (SSSR count). The Balaban J connectivity index is 1.79. The fraction of sp³-hybridized carbons (Fsp3) is 0.909. The fourth-order valence-corrected chi connectivity index (χ4v) is 2.57. The van der Waals surface area contributed by atoms with E-state index in [1.54, 1.807) is 0 Å². The van der Waals surface area contributed by atoms with Gasteiger partial charge in [-0.05, 0) is 51.9 Å². The Bertz CT molecular complexity index is 144. The molecule has 76 valence electrons. The highest BCUT2D eigenvalue weighted by atomic mass is 15.2. The van der Waals surface area contributed by atoms with Crippen molar-refractivity contribution in [2.24, 2.45) is 0 Å². The molecule has 2 heteroatoms. The molecule has 2 saturated heterocycles. The molecule has 0 bridgehead atoms. The van der Waals surface area contributed by atoms with E-state index in [0.717, 1.165) is 6.04 Å². The van der Waals surface area contributed by atoms with Crippen LogP contribution in [0.5, 0.6) is 0 Å². The lowest BCUT2D eigenvalue weighted by molar-refractivity contribution is 0.108. The minimum Gasteiger partial charge on any atom is -0.459 e. The Hall–Kier alpha value is -0.0800. The van der Waals surface area contributed by atoms with Crippen LogP contribution in [-0.2, 0) is 0 Å². The number of hydrogen-bond acceptors (Lipinski definition) is 2. The van der Waals surface area contributed by atoms with Crippen molar-refractivity contribution in [2.75, 3.05) is 26.2 Å². The van der Waals surface area contributed by atoms with E-state index in [4.69, 9.17) is 0 Å². The molecule has 0 aromatic carbocycles. The number of nitrogens with zero attached hydrogens (tertiary/aromatic N) is 2. The summed E-state index contributed by atoms with van der Waals surface area (Å²) in [5.74, 6) is 0. The predicted octanol–water partition coefficient (Wildman–Crippen LogP) is 1.73. The van der Waals surface area contributed by atoms with Crippen LogP contribution in [0.3, 0.4) is 0 Å². The topological polar surface area (TPSA) is 6.48 Å². The van der Waals surface area contributed by atoms with E-state index in [9.17, 15) is 0 Å². The van der Waals surface area contributed by atoms with Crippen LogP contribution in [0.25, 0.3) is 0 Å². The third kappa shape index (κ3) is 2.44. The molecule has 0 amide bonds. The molecule has 2 fully saturated rings. The van der Waals surface area contributed by atoms with Gasteiger partial charge in [-0.15, -0.1) is 0 Å². The Labute approximate surface area is 81.9 Å². The van der Waals surface area contributed by atoms with Crippen LogP contribution in [-0.4, -0.2) is 42.0 Å². The highest BCUT2D eigenvalue weighted by Gasteiger charge is 2.22. The van der Waals surface area contributed by atoms with Crippen molar-refractivity contribution < 1.29 is 0 Å². The first-order chi connectivity index (χ1) is 6.36. The first kappa shape index (κ1) is 9.47. The lowest BCUT2D eigenvalue weighted by Crippen LogP contribution is -2.45. The van der Waals surface area contributed by atoms with Crippen molar-refractivity contribution in [1.82, 2.24) is 9.80 Å². The van der Waals surface area contributed by atoms with Crippen LogP contribution in [0.1, 0.15) is 32.1 Å². The summed E-state index contributed by atoms with van der Waals surface area (Å²) >= 11 is 0. The molecule has 2 aliphatic rings. The van der Waals surface area contributed by atoms with Crippen LogP contribution >= 0.6 is 0 Å². The van der Waals surface area contributed by atoms with E-state index in [1.165, 1.54) is 58.3 Å². The van der Waals surface area contributed by atoms with Crippen molar-refractivity contribution in [3.8, 4) is 0 Å². The van der Waals surface area contributed by atoms with Crippen LogP contribution < -0.4 is 0 Å². The van der Waals surface area contributed by atoms with Gasteiger partial charge in [0.1, 0.15) is 0 Å². The molecule has 0 aromatic rings. The van der Waals surface area contributed by atoms with Crippen molar-refractivity contribution in [3.63, 3.8) is 0 Å². The first-order valence-electron chi connectivity index (χ1n) is 5.66. The van der Waals surface area contributed by atoms with Gasteiger partial charge in [0, 0.05) is 6.04 Å². The molecule has 2 aliphatic heterocycles. The average molecular weight is 181 g/mol. The summed E-state index contributed by atoms with van der Waals surface area (Å²) in [7, 11) is 3.99. The van der Waals surface area contributed by atoms with Crippen molar-refractivity contribution in [2.45, 2.75) is 38.1 Å². The molecule has 0 atom stereocenters. The van der Waals surface area contributed by atoms with E-state index >= 15 is 0 Å². The maximum Gasteiger partial charge on any atom is 0.0118 e. The molecule has 0 radical (unpaired) electrons. The monoisotopic (exact) mass is 181 g/mol. The predicted molar refractivity (Wildman–Crippen MR) is 55.4 cm³/mol. The third-order valence-electron chi connectivity index (χ3n) is 3.46. The number of rotatable bonds is 1. The molecular formula is C11H21N2-. The second kappa shape index (κ2) is 4.43. The summed E-state index contributed by atoms with van der Waals surface area (Å²) < 4.78 is 0. The smallest absolute Gasteiger partial charge is 0.0118 e.